The zero-order chi connectivity index (χ0) is 21.2. The lowest BCUT2D eigenvalue weighted by atomic mass is 10.1. The maximum atomic E-state index is 13.3. The van der Waals surface area contributed by atoms with E-state index in [9.17, 15) is 18.0 Å². The lowest BCUT2D eigenvalue weighted by Crippen LogP contribution is -2.24. The number of hydrogen-bond acceptors (Lipinski definition) is 4. The molecule has 0 aliphatic carbocycles. The largest absolute Gasteiger partial charge is 0.467 e. The lowest BCUT2D eigenvalue weighted by molar-refractivity contribution is -0.137. The summed E-state index contributed by atoms with van der Waals surface area (Å²) >= 11 is 0. The minimum Gasteiger partial charge on any atom is -0.467 e. The Morgan fingerprint density at radius 2 is 1.93 bits per heavy atom. The van der Waals surface area contributed by atoms with Crippen molar-refractivity contribution < 1.29 is 22.6 Å². The van der Waals surface area contributed by atoms with Crippen LogP contribution >= 0.6 is 0 Å². The number of benzene rings is 1. The molecule has 0 spiro atoms. The Hall–Kier alpha value is -3.01. The average Bonchev–Trinajstić information content (AvgIpc) is 3.23. The molecule has 0 fully saturated rings. The van der Waals surface area contributed by atoms with Gasteiger partial charge >= 0.3 is 11.9 Å². The van der Waals surface area contributed by atoms with Gasteiger partial charge < -0.3 is 9.47 Å². The van der Waals surface area contributed by atoms with Gasteiger partial charge in [-0.05, 0) is 26.0 Å². The summed E-state index contributed by atoms with van der Waals surface area (Å²) < 4.78 is 54.3. The topological polar surface area (TPSA) is 63.2 Å². The summed E-state index contributed by atoms with van der Waals surface area (Å²) in [7, 11) is 1.37. The molecule has 0 amide bonds. The molecule has 1 aromatic carbocycles. The van der Waals surface area contributed by atoms with E-state index >= 15 is 0 Å². The maximum Gasteiger partial charge on any atom is 0.416 e. The van der Waals surface area contributed by atoms with Crippen LogP contribution < -0.4 is 10.4 Å². The number of hydrogen-bond donors (Lipinski definition) is 0. The number of alkyl halides is 3. The van der Waals surface area contributed by atoms with Gasteiger partial charge in [0.2, 0.25) is 0 Å². The van der Waals surface area contributed by atoms with Gasteiger partial charge in [0.1, 0.15) is 5.75 Å². The van der Waals surface area contributed by atoms with Crippen LogP contribution in [0.2, 0.25) is 0 Å². The van der Waals surface area contributed by atoms with E-state index in [1.165, 1.54) is 22.3 Å². The first-order valence-electron chi connectivity index (χ1n) is 8.87. The summed E-state index contributed by atoms with van der Waals surface area (Å²) in [6.07, 6.45) is 0.487. The highest BCUT2D eigenvalue weighted by molar-refractivity contribution is 5.45. The molecule has 0 unspecified atom stereocenters. The van der Waals surface area contributed by atoms with E-state index in [0.717, 1.165) is 17.7 Å². The summed E-state index contributed by atoms with van der Waals surface area (Å²) in [5.41, 5.74) is 0.0127. The third-order valence-corrected chi connectivity index (χ3v) is 4.32. The van der Waals surface area contributed by atoms with E-state index in [1.54, 1.807) is 24.0 Å². The van der Waals surface area contributed by atoms with Crippen LogP contribution in [-0.4, -0.2) is 32.8 Å². The molecule has 0 radical (unpaired) electrons. The monoisotopic (exact) mass is 410 g/mol. The Kier molecular flexibility index (Phi) is 5.83. The molecule has 0 N–H and O–H groups in total. The smallest absolute Gasteiger partial charge is 0.416 e. The van der Waals surface area contributed by atoms with E-state index in [-0.39, 0.29) is 24.8 Å². The SMILES string of the molecule is CCn1cc(Cn2cc(C)n(-c3cc(OCOC)cc(C(F)(F)F)c3)c2=O)cn1. The minimum absolute atomic E-state index is 0.0417. The molecule has 29 heavy (non-hydrogen) atoms. The molecule has 3 rings (SSSR count). The second-order valence-electron chi connectivity index (χ2n) is 6.48. The fraction of sp³-hybridized carbons (Fsp3) is 0.368. The van der Waals surface area contributed by atoms with Crippen LogP contribution in [0.5, 0.6) is 5.75 Å². The molecule has 3 aromatic rings. The standard InChI is InChI=1S/C19H21F3N4O3/c1-4-25-11-14(8-23-25)10-24-9-13(2)26(18(24)27)16-5-15(19(20,21)22)6-17(7-16)29-12-28-3/h5-9,11H,4,10,12H2,1-3H3. The summed E-state index contributed by atoms with van der Waals surface area (Å²) in [6.45, 7) is 4.35. The first kappa shape index (κ1) is 20.7. The second-order valence-corrected chi connectivity index (χ2v) is 6.48. The number of nitrogens with zero attached hydrogens (tertiary/aromatic N) is 4. The Morgan fingerprint density at radius 1 is 1.17 bits per heavy atom. The van der Waals surface area contributed by atoms with Crippen LogP contribution in [-0.2, 0) is 24.0 Å². The molecular formula is C19H21F3N4O3. The Labute approximate surface area is 164 Å². The van der Waals surface area contributed by atoms with E-state index in [0.29, 0.717) is 12.2 Å². The van der Waals surface area contributed by atoms with Crippen molar-refractivity contribution >= 4 is 0 Å². The van der Waals surface area contributed by atoms with Gasteiger partial charge in [0.15, 0.2) is 6.79 Å². The molecule has 0 aliphatic heterocycles. The third-order valence-electron chi connectivity index (χ3n) is 4.32. The predicted molar refractivity (Wildman–Crippen MR) is 99.3 cm³/mol. The van der Waals surface area contributed by atoms with Crippen molar-refractivity contribution in [3.63, 3.8) is 0 Å². The van der Waals surface area contributed by atoms with Crippen LogP contribution in [0.3, 0.4) is 0 Å². The number of halogens is 3. The molecule has 2 heterocycles. The molecular weight excluding hydrogens is 389 g/mol. The number of aryl methyl sites for hydroxylation is 2. The Balaban J connectivity index is 2.03. The Bertz CT molecular complexity index is 1050. The number of methoxy groups -OCH3 is 1. The normalized spacial score (nSPS) is 11.8. The molecule has 0 bridgehead atoms. The number of rotatable bonds is 7. The van der Waals surface area contributed by atoms with Crippen molar-refractivity contribution in [1.82, 2.24) is 18.9 Å². The predicted octanol–water partition coefficient (Wildman–Crippen LogP) is 3.21. The van der Waals surface area contributed by atoms with Crippen molar-refractivity contribution in [2.45, 2.75) is 33.1 Å². The molecule has 156 valence electrons. The number of ether oxygens (including phenoxy) is 2. The molecule has 0 aliphatic rings. The first-order chi connectivity index (χ1) is 13.7. The van der Waals surface area contributed by atoms with Gasteiger partial charge in [-0.3, -0.25) is 13.8 Å². The lowest BCUT2D eigenvalue weighted by Gasteiger charge is -2.13. The summed E-state index contributed by atoms with van der Waals surface area (Å²) in [5, 5.41) is 4.17. The van der Waals surface area contributed by atoms with Crippen LogP contribution in [0.15, 0.2) is 41.6 Å². The van der Waals surface area contributed by atoms with Gasteiger partial charge in [-0.2, -0.15) is 18.3 Å². The fourth-order valence-electron chi connectivity index (χ4n) is 2.99. The molecule has 0 saturated heterocycles. The van der Waals surface area contributed by atoms with Crippen molar-refractivity contribution in [3.8, 4) is 11.4 Å². The molecule has 7 nitrogen and oxygen atoms in total. The van der Waals surface area contributed by atoms with E-state index in [2.05, 4.69) is 5.10 Å². The highest BCUT2D eigenvalue weighted by Crippen LogP contribution is 2.33. The van der Waals surface area contributed by atoms with Gasteiger partial charge in [0.05, 0.1) is 24.0 Å². The second kappa shape index (κ2) is 8.16. The fourth-order valence-corrected chi connectivity index (χ4v) is 2.99. The zero-order valence-corrected chi connectivity index (χ0v) is 16.2. The first-order valence-corrected chi connectivity index (χ1v) is 8.87. The van der Waals surface area contributed by atoms with Crippen LogP contribution in [0, 0.1) is 6.92 Å². The average molecular weight is 410 g/mol. The highest BCUT2D eigenvalue weighted by atomic mass is 19.4. The molecule has 10 heteroatoms. The van der Waals surface area contributed by atoms with E-state index in [1.807, 2.05) is 13.1 Å². The van der Waals surface area contributed by atoms with Gasteiger partial charge in [-0.15, -0.1) is 0 Å². The molecule has 0 saturated carbocycles. The number of imidazole rings is 1. The van der Waals surface area contributed by atoms with Gasteiger partial charge in [0.25, 0.3) is 0 Å². The van der Waals surface area contributed by atoms with E-state index < -0.39 is 17.4 Å². The Morgan fingerprint density at radius 3 is 2.55 bits per heavy atom. The molecule has 2 aromatic heterocycles. The van der Waals surface area contributed by atoms with E-state index in [4.69, 9.17) is 9.47 Å². The van der Waals surface area contributed by atoms with Crippen LogP contribution in [0.4, 0.5) is 13.2 Å². The van der Waals surface area contributed by atoms with Crippen molar-refractivity contribution in [1.29, 1.82) is 0 Å². The molecule has 0 atom stereocenters. The van der Waals surface area contributed by atoms with Crippen LogP contribution in [0.1, 0.15) is 23.7 Å². The van der Waals surface area contributed by atoms with Gasteiger partial charge in [0, 0.05) is 43.4 Å². The minimum atomic E-state index is -4.59. The number of aromatic nitrogens is 4. The highest BCUT2D eigenvalue weighted by Gasteiger charge is 2.32. The maximum absolute atomic E-state index is 13.3. The van der Waals surface area contributed by atoms with Gasteiger partial charge in [-0.25, -0.2) is 4.79 Å². The summed E-state index contributed by atoms with van der Waals surface area (Å²) in [6, 6.07) is 3.18. The van der Waals surface area contributed by atoms with Gasteiger partial charge in [-0.1, -0.05) is 0 Å². The third kappa shape index (κ3) is 4.53. The quantitative estimate of drug-likeness (QED) is 0.561. The summed E-state index contributed by atoms with van der Waals surface area (Å²) in [5.74, 6) is -0.0417. The van der Waals surface area contributed by atoms with Crippen LogP contribution in [0.25, 0.3) is 5.69 Å². The summed E-state index contributed by atoms with van der Waals surface area (Å²) in [4.78, 5) is 12.9. The van der Waals surface area contributed by atoms with Crippen molar-refractivity contribution in [3.05, 3.63) is 64.1 Å². The zero-order valence-electron chi connectivity index (χ0n) is 16.2. The van der Waals surface area contributed by atoms with Crippen molar-refractivity contribution in [2.24, 2.45) is 0 Å². The van der Waals surface area contributed by atoms with Crippen molar-refractivity contribution in [2.75, 3.05) is 13.9 Å².